The number of hydrogen-bond acceptors (Lipinski definition) is 3. The van der Waals surface area contributed by atoms with Crippen molar-refractivity contribution in [3.63, 3.8) is 0 Å². The summed E-state index contributed by atoms with van der Waals surface area (Å²) in [5.41, 5.74) is 0.316. The number of halogens is 3. The Balaban J connectivity index is 2.39. The first-order valence-electron chi connectivity index (χ1n) is 6.10. The molecule has 1 heterocycles. The van der Waals surface area contributed by atoms with Crippen molar-refractivity contribution in [3.05, 3.63) is 52.8 Å². The number of nitrogens with zero attached hydrogens (tertiary/aromatic N) is 2. The van der Waals surface area contributed by atoms with E-state index in [2.05, 4.69) is 9.84 Å². The summed E-state index contributed by atoms with van der Waals surface area (Å²) in [7, 11) is 1.09. The first-order valence-corrected chi connectivity index (χ1v) is 6.10. The van der Waals surface area contributed by atoms with Crippen LogP contribution in [0.3, 0.4) is 0 Å². The number of aryl methyl sites for hydroxylation is 1. The molecule has 0 fully saturated rings. The van der Waals surface area contributed by atoms with Gasteiger partial charge in [0.15, 0.2) is 5.69 Å². The first-order chi connectivity index (χ1) is 9.81. The number of esters is 1. The SMILES string of the molecule is COC(=O)c1cc(C(F)(F)F)n(Cc2ccc(C)cc2)n1. The number of rotatable bonds is 3. The third kappa shape index (κ3) is 3.42. The zero-order chi connectivity index (χ0) is 15.6. The van der Waals surface area contributed by atoms with Gasteiger partial charge in [-0.15, -0.1) is 0 Å². The predicted molar refractivity (Wildman–Crippen MR) is 68.8 cm³/mol. The molecule has 1 aromatic heterocycles. The number of hydrogen-bond donors (Lipinski definition) is 0. The Morgan fingerprint density at radius 1 is 1.29 bits per heavy atom. The second-order valence-electron chi connectivity index (χ2n) is 4.55. The Bertz CT molecular complexity index is 645. The molecule has 0 aliphatic carbocycles. The molecule has 0 N–H and O–H groups in total. The van der Waals surface area contributed by atoms with E-state index in [0.29, 0.717) is 11.6 Å². The molecule has 0 atom stereocenters. The molecule has 0 unspecified atom stereocenters. The van der Waals surface area contributed by atoms with E-state index < -0.39 is 17.8 Å². The normalized spacial score (nSPS) is 11.5. The molecule has 0 bridgehead atoms. The van der Waals surface area contributed by atoms with Gasteiger partial charge in [-0.3, -0.25) is 4.68 Å². The van der Waals surface area contributed by atoms with Gasteiger partial charge in [0.1, 0.15) is 5.69 Å². The minimum atomic E-state index is -4.59. The number of carbonyl (C=O) groups excluding carboxylic acids is 1. The lowest BCUT2D eigenvalue weighted by Crippen LogP contribution is -2.15. The topological polar surface area (TPSA) is 44.1 Å². The Hall–Kier alpha value is -2.31. The molecule has 0 saturated heterocycles. The van der Waals surface area contributed by atoms with Gasteiger partial charge in [0.25, 0.3) is 0 Å². The summed E-state index contributed by atoms with van der Waals surface area (Å²) in [5, 5.41) is 3.69. The molecule has 0 aliphatic rings. The highest BCUT2D eigenvalue weighted by molar-refractivity contribution is 5.87. The Labute approximate surface area is 119 Å². The van der Waals surface area contributed by atoms with Gasteiger partial charge < -0.3 is 4.74 Å². The summed E-state index contributed by atoms with van der Waals surface area (Å²) in [6.07, 6.45) is -4.59. The third-order valence-electron chi connectivity index (χ3n) is 2.92. The minimum Gasteiger partial charge on any atom is -0.464 e. The van der Waals surface area contributed by atoms with Crippen LogP contribution in [0, 0.1) is 6.92 Å². The minimum absolute atomic E-state index is 0.0773. The average molecular weight is 298 g/mol. The van der Waals surface area contributed by atoms with Crippen molar-refractivity contribution < 1.29 is 22.7 Å². The molecule has 2 rings (SSSR count). The van der Waals surface area contributed by atoms with Crippen LogP contribution in [0.2, 0.25) is 0 Å². The van der Waals surface area contributed by atoms with Crippen molar-refractivity contribution in [2.24, 2.45) is 0 Å². The van der Waals surface area contributed by atoms with Crippen molar-refractivity contribution in [3.8, 4) is 0 Å². The van der Waals surface area contributed by atoms with Crippen LogP contribution in [0.1, 0.15) is 27.3 Å². The number of ether oxygens (including phenoxy) is 1. The van der Waals surface area contributed by atoms with Crippen LogP contribution >= 0.6 is 0 Å². The summed E-state index contributed by atoms with van der Waals surface area (Å²) in [6, 6.07) is 7.73. The van der Waals surface area contributed by atoms with Crippen LogP contribution in [0.4, 0.5) is 13.2 Å². The van der Waals surface area contributed by atoms with E-state index in [4.69, 9.17) is 0 Å². The summed E-state index contributed by atoms with van der Waals surface area (Å²) >= 11 is 0. The second-order valence-corrected chi connectivity index (χ2v) is 4.55. The summed E-state index contributed by atoms with van der Waals surface area (Å²) in [6.45, 7) is 1.81. The molecular weight excluding hydrogens is 285 g/mol. The molecule has 112 valence electrons. The van der Waals surface area contributed by atoms with Crippen molar-refractivity contribution in [1.29, 1.82) is 0 Å². The third-order valence-corrected chi connectivity index (χ3v) is 2.92. The van der Waals surface area contributed by atoms with Crippen LogP contribution in [-0.2, 0) is 17.5 Å². The van der Waals surface area contributed by atoms with E-state index in [-0.39, 0.29) is 12.2 Å². The molecule has 0 amide bonds. The Morgan fingerprint density at radius 3 is 2.43 bits per heavy atom. The number of benzene rings is 1. The largest absolute Gasteiger partial charge is 0.464 e. The van der Waals surface area contributed by atoms with Gasteiger partial charge in [-0.05, 0) is 12.5 Å². The molecule has 21 heavy (non-hydrogen) atoms. The van der Waals surface area contributed by atoms with Crippen molar-refractivity contribution >= 4 is 5.97 Å². The second kappa shape index (κ2) is 5.59. The number of carbonyl (C=O) groups is 1. The van der Waals surface area contributed by atoms with Crippen molar-refractivity contribution in [2.75, 3.05) is 7.11 Å². The van der Waals surface area contributed by atoms with Gasteiger partial charge in [-0.25, -0.2) is 4.79 Å². The van der Waals surface area contributed by atoms with Gasteiger partial charge in [-0.2, -0.15) is 18.3 Å². The monoisotopic (exact) mass is 298 g/mol. The Kier molecular flexibility index (Phi) is 4.02. The molecule has 4 nitrogen and oxygen atoms in total. The maximum absolute atomic E-state index is 13.0. The molecule has 0 spiro atoms. The smallest absolute Gasteiger partial charge is 0.433 e. The van der Waals surface area contributed by atoms with E-state index in [1.807, 2.05) is 6.92 Å². The fourth-order valence-electron chi connectivity index (χ4n) is 1.84. The average Bonchev–Trinajstić information content (AvgIpc) is 2.84. The zero-order valence-corrected chi connectivity index (χ0v) is 11.4. The van der Waals surface area contributed by atoms with Crippen LogP contribution in [0.15, 0.2) is 30.3 Å². The summed E-state index contributed by atoms with van der Waals surface area (Å²) < 4.78 is 44.1. The first kappa shape index (κ1) is 15.1. The van der Waals surface area contributed by atoms with E-state index in [9.17, 15) is 18.0 Å². The fourth-order valence-corrected chi connectivity index (χ4v) is 1.84. The highest BCUT2D eigenvalue weighted by Crippen LogP contribution is 2.30. The maximum Gasteiger partial charge on any atom is 0.433 e. The predicted octanol–water partition coefficient (Wildman–Crippen LogP) is 3.05. The van der Waals surface area contributed by atoms with Crippen LogP contribution in [0.25, 0.3) is 0 Å². The Morgan fingerprint density at radius 2 is 1.90 bits per heavy atom. The molecule has 7 heteroatoms. The van der Waals surface area contributed by atoms with Crippen molar-refractivity contribution in [1.82, 2.24) is 9.78 Å². The van der Waals surface area contributed by atoms with E-state index in [1.54, 1.807) is 24.3 Å². The molecule has 0 aliphatic heterocycles. The summed E-state index contributed by atoms with van der Waals surface area (Å²) in [5.74, 6) is -0.900. The van der Waals surface area contributed by atoms with Gasteiger partial charge in [0.05, 0.1) is 13.7 Å². The number of aromatic nitrogens is 2. The quantitative estimate of drug-likeness (QED) is 0.818. The maximum atomic E-state index is 13.0. The number of alkyl halides is 3. The highest BCUT2D eigenvalue weighted by Gasteiger charge is 2.36. The van der Waals surface area contributed by atoms with E-state index >= 15 is 0 Å². The van der Waals surface area contributed by atoms with Crippen LogP contribution < -0.4 is 0 Å². The lowest BCUT2D eigenvalue weighted by Gasteiger charge is -2.10. The van der Waals surface area contributed by atoms with E-state index in [0.717, 1.165) is 17.4 Å². The standard InChI is InChI=1S/C14H13F3N2O2/c1-9-3-5-10(6-4-9)8-19-12(14(15,16)17)7-11(18-19)13(20)21-2/h3-7H,8H2,1-2H3. The van der Waals surface area contributed by atoms with Gasteiger partial charge >= 0.3 is 12.1 Å². The van der Waals surface area contributed by atoms with Gasteiger partial charge in [0, 0.05) is 6.07 Å². The van der Waals surface area contributed by atoms with Crippen molar-refractivity contribution in [2.45, 2.75) is 19.6 Å². The lowest BCUT2D eigenvalue weighted by molar-refractivity contribution is -0.144. The molecule has 0 saturated carbocycles. The molecule has 0 radical (unpaired) electrons. The zero-order valence-electron chi connectivity index (χ0n) is 11.4. The molecule has 2 aromatic rings. The van der Waals surface area contributed by atoms with Crippen LogP contribution in [0.5, 0.6) is 0 Å². The lowest BCUT2D eigenvalue weighted by atomic mass is 10.1. The van der Waals surface area contributed by atoms with Gasteiger partial charge in [-0.1, -0.05) is 29.8 Å². The number of methoxy groups -OCH3 is 1. The fraction of sp³-hybridized carbons (Fsp3) is 0.286. The van der Waals surface area contributed by atoms with E-state index in [1.165, 1.54) is 0 Å². The highest BCUT2D eigenvalue weighted by atomic mass is 19.4. The van der Waals surface area contributed by atoms with Gasteiger partial charge in [0.2, 0.25) is 0 Å². The van der Waals surface area contributed by atoms with Crippen LogP contribution in [-0.4, -0.2) is 22.9 Å². The molecular formula is C14H13F3N2O2. The molecule has 1 aromatic carbocycles. The summed E-state index contributed by atoms with van der Waals surface area (Å²) in [4.78, 5) is 11.3.